The second kappa shape index (κ2) is 7.43. The van der Waals surface area contributed by atoms with Crippen LogP contribution in [-0.2, 0) is 6.42 Å². The highest BCUT2D eigenvalue weighted by atomic mass is 16.5. The molecule has 0 radical (unpaired) electrons. The van der Waals surface area contributed by atoms with Crippen molar-refractivity contribution in [1.82, 2.24) is 10.5 Å². The number of nitrogens with zero attached hydrogens (tertiary/aromatic N) is 1. The minimum atomic E-state index is -0.407. The van der Waals surface area contributed by atoms with Gasteiger partial charge < -0.3 is 19.6 Å². The van der Waals surface area contributed by atoms with Crippen LogP contribution in [0.15, 0.2) is 38.0 Å². The van der Waals surface area contributed by atoms with Crippen molar-refractivity contribution in [2.45, 2.75) is 33.6 Å². The second-order valence-electron chi connectivity index (χ2n) is 6.25. The number of fused-ring (bicyclic) bond motifs is 1. The van der Waals surface area contributed by atoms with Crippen molar-refractivity contribution in [3.63, 3.8) is 0 Å². The maximum absolute atomic E-state index is 12.0. The highest BCUT2D eigenvalue weighted by Gasteiger charge is 2.09. The third kappa shape index (κ3) is 3.93. The Labute approximate surface area is 150 Å². The van der Waals surface area contributed by atoms with Gasteiger partial charge in [-0.1, -0.05) is 5.16 Å². The fourth-order valence-corrected chi connectivity index (χ4v) is 2.90. The zero-order valence-corrected chi connectivity index (χ0v) is 15.0. The van der Waals surface area contributed by atoms with Gasteiger partial charge in [-0.25, -0.2) is 9.59 Å². The highest BCUT2D eigenvalue weighted by Crippen LogP contribution is 2.20. The van der Waals surface area contributed by atoms with Crippen LogP contribution in [0, 0.1) is 20.8 Å². The van der Waals surface area contributed by atoms with Crippen LogP contribution < -0.4 is 16.3 Å². The summed E-state index contributed by atoms with van der Waals surface area (Å²) in [7, 11) is 0. The summed E-state index contributed by atoms with van der Waals surface area (Å²) < 4.78 is 10.3. The van der Waals surface area contributed by atoms with Crippen LogP contribution in [0.1, 0.15) is 29.0 Å². The van der Waals surface area contributed by atoms with E-state index in [0.29, 0.717) is 17.8 Å². The first-order valence-electron chi connectivity index (χ1n) is 8.45. The quantitative estimate of drug-likeness (QED) is 0.539. The molecular weight excluding hydrogens is 334 g/mol. The fraction of sp³-hybridized carbons (Fsp3) is 0.316. The predicted octanol–water partition coefficient (Wildman–Crippen LogP) is 3.46. The van der Waals surface area contributed by atoms with Gasteiger partial charge in [0.25, 0.3) is 0 Å². The molecule has 136 valence electrons. The van der Waals surface area contributed by atoms with E-state index in [1.54, 1.807) is 12.1 Å². The van der Waals surface area contributed by atoms with Crippen LogP contribution in [0.2, 0.25) is 0 Å². The van der Waals surface area contributed by atoms with Crippen molar-refractivity contribution < 1.29 is 13.7 Å². The van der Waals surface area contributed by atoms with Crippen LogP contribution in [0.5, 0.6) is 0 Å². The van der Waals surface area contributed by atoms with Crippen LogP contribution >= 0.6 is 0 Å². The molecule has 2 heterocycles. The number of hydrogen-bond donors (Lipinski definition) is 2. The number of rotatable bonds is 5. The maximum Gasteiger partial charge on any atom is 0.336 e. The third-order valence-electron chi connectivity index (χ3n) is 4.28. The van der Waals surface area contributed by atoms with Gasteiger partial charge in [0.1, 0.15) is 11.3 Å². The molecule has 0 saturated carbocycles. The van der Waals surface area contributed by atoms with E-state index >= 15 is 0 Å². The molecule has 0 unspecified atom stereocenters. The minimum absolute atomic E-state index is 0.307. The summed E-state index contributed by atoms with van der Waals surface area (Å²) in [6.45, 7) is 6.16. The molecule has 0 bridgehead atoms. The Morgan fingerprint density at radius 3 is 2.73 bits per heavy atom. The summed E-state index contributed by atoms with van der Waals surface area (Å²) in [5.41, 5.74) is 3.43. The number of anilines is 1. The van der Waals surface area contributed by atoms with Gasteiger partial charge in [0.2, 0.25) is 0 Å². The molecule has 3 rings (SSSR count). The van der Waals surface area contributed by atoms with E-state index in [4.69, 9.17) is 8.94 Å². The van der Waals surface area contributed by atoms with Crippen molar-refractivity contribution in [3.8, 4) is 0 Å². The van der Waals surface area contributed by atoms with Gasteiger partial charge in [-0.2, -0.15) is 0 Å². The number of urea groups is 1. The van der Waals surface area contributed by atoms with Gasteiger partial charge in [-0.05, 0) is 51.3 Å². The Hall–Kier alpha value is -3.09. The molecular formula is C19H21N3O4. The first-order chi connectivity index (χ1) is 12.4. The molecule has 26 heavy (non-hydrogen) atoms. The van der Waals surface area contributed by atoms with E-state index in [1.165, 1.54) is 6.07 Å². The van der Waals surface area contributed by atoms with E-state index in [1.807, 2.05) is 26.8 Å². The largest absolute Gasteiger partial charge is 0.423 e. The molecule has 0 fully saturated rings. The Kier molecular flexibility index (Phi) is 5.06. The zero-order valence-electron chi connectivity index (χ0n) is 15.0. The summed E-state index contributed by atoms with van der Waals surface area (Å²) in [4.78, 5) is 23.5. The molecule has 7 nitrogen and oxygen atoms in total. The van der Waals surface area contributed by atoms with Gasteiger partial charge >= 0.3 is 11.7 Å². The molecule has 0 aliphatic carbocycles. The number of carbonyl (C=O) groups is 1. The van der Waals surface area contributed by atoms with Crippen molar-refractivity contribution in [1.29, 1.82) is 0 Å². The van der Waals surface area contributed by atoms with Gasteiger partial charge in [-0.3, -0.25) is 0 Å². The van der Waals surface area contributed by atoms with E-state index in [9.17, 15) is 9.59 Å². The molecule has 0 aliphatic heterocycles. The standard InChI is InChI=1S/C19H21N3O4/c1-11-9-18(23)25-17-10-14(6-7-15(11)17)21-19(24)20-8-4-5-16-12(2)22-26-13(16)3/h6-7,9-10H,4-5,8H2,1-3H3,(H2,20,21,24). The lowest BCUT2D eigenvalue weighted by molar-refractivity contribution is 0.252. The van der Waals surface area contributed by atoms with Crippen molar-refractivity contribution in [3.05, 3.63) is 57.3 Å². The minimum Gasteiger partial charge on any atom is -0.423 e. The van der Waals surface area contributed by atoms with Gasteiger partial charge in [0, 0.05) is 35.3 Å². The van der Waals surface area contributed by atoms with E-state index in [2.05, 4.69) is 15.8 Å². The number of aromatic nitrogens is 1. The maximum atomic E-state index is 12.0. The lowest BCUT2D eigenvalue weighted by atomic mass is 10.1. The third-order valence-corrected chi connectivity index (χ3v) is 4.28. The number of carbonyl (C=O) groups excluding carboxylic acids is 1. The molecule has 3 aromatic rings. The van der Waals surface area contributed by atoms with Gasteiger partial charge in [0.15, 0.2) is 0 Å². The van der Waals surface area contributed by atoms with Crippen LogP contribution in [0.3, 0.4) is 0 Å². The van der Waals surface area contributed by atoms with Crippen molar-refractivity contribution in [2.24, 2.45) is 0 Å². The molecule has 1 aromatic carbocycles. The van der Waals surface area contributed by atoms with Crippen LogP contribution in [0.4, 0.5) is 10.5 Å². The van der Waals surface area contributed by atoms with Crippen molar-refractivity contribution >= 4 is 22.7 Å². The number of benzene rings is 1. The topological polar surface area (TPSA) is 97.4 Å². The number of amides is 2. The van der Waals surface area contributed by atoms with E-state index in [0.717, 1.165) is 40.8 Å². The molecule has 2 amide bonds. The number of aryl methyl sites for hydroxylation is 3. The first-order valence-corrected chi connectivity index (χ1v) is 8.45. The monoisotopic (exact) mass is 355 g/mol. The Bertz CT molecular complexity index is 984. The molecule has 2 N–H and O–H groups in total. The summed E-state index contributed by atoms with van der Waals surface area (Å²) in [6.07, 6.45) is 1.57. The van der Waals surface area contributed by atoms with E-state index < -0.39 is 5.63 Å². The summed E-state index contributed by atoms with van der Waals surface area (Å²) >= 11 is 0. The van der Waals surface area contributed by atoms with Crippen molar-refractivity contribution in [2.75, 3.05) is 11.9 Å². The molecule has 2 aromatic heterocycles. The lowest BCUT2D eigenvalue weighted by Crippen LogP contribution is -2.29. The Morgan fingerprint density at radius 1 is 1.19 bits per heavy atom. The molecule has 0 atom stereocenters. The van der Waals surface area contributed by atoms with Gasteiger partial charge in [-0.15, -0.1) is 0 Å². The lowest BCUT2D eigenvalue weighted by Gasteiger charge is -2.08. The van der Waals surface area contributed by atoms with Crippen LogP contribution in [-0.4, -0.2) is 17.7 Å². The SMILES string of the molecule is Cc1noc(C)c1CCCNC(=O)Nc1ccc2c(C)cc(=O)oc2c1. The van der Waals surface area contributed by atoms with Crippen LogP contribution in [0.25, 0.3) is 11.0 Å². The first kappa shape index (κ1) is 17.7. The number of hydrogen-bond acceptors (Lipinski definition) is 5. The highest BCUT2D eigenvalue weighted by molar-refractivity contribution is 5.92. The average molecular weight is 355 g/mol. The molecule has 0 spiro atoms. The number of nitrogens with one attached hydrogen (secondary N) is 2. The molecule has 0 saturated heterocycles. The van der Waals surface area contributed by atoms with Gasteiger partial charge in [0.05, 0.1) is 5.69 Å². The normalized spacial score (nSPS) is 10.9. The predicted molar refractivity (Wildman–Crippen MR) is 98.5 cm³/mol. The molecule has 0 aliphatic rings. The van der Waals surface area contributed by atoms with E-state index in [-0.39, 0.29) is 6.03 Å². The fourth-order valence-electron chi connectivity index (χ4n) is 2.90. The Morgan fingerprint density at radius 2 is 2.00 bits per heavy atom. The summed E-state index contributed by atoms with van der Waals surface area (Å²) in [5, 5.41) is 10.3. The molecule has 7 heteroatoms. The smallest absolute Gasteiger partial charge is 0.336 e. The summed E-state index contributed by atoms with van der Waals surface area (Å²) in [6, 6.07) is 6.38. The Balaban J connectivity index is 1.55. The summed E-state index contributed by atoms with van der Waals surface area (Å²) in [5.74, 6) is 0.819. The zero-order chi connectivity index (χ0) is 18.7. The second-order valence-corrected chi connectivity index (χ2v) is 6.25. The average Bonchev–Trinajstić information content (AvgIpc) is 2.89.